The minimum atomic E-state index is -0.302. The number of benzene rings is 1. The van der Waals surface area contributed by atoms with Crippen molar-refractivity contribution in [3.8, 4) is 0 Å². The number of nitrogens with two attached hydrogens (primary N) is 1. The Hall–Kier alpha value is -3.03. The highest BCUT2D eigenvalue weighted by atomic mass is 16.2. The van der Waals surface area contributed by atoms with Gasteiger partial charge in [0.05, 0.1) is 0 Å². The second-order valence-corrected chi connectivity index (χ2v) is 6.05. The smallest absolute Gasteiger partial charge is 0.272 e. The zero-order valence-corrected chi connectivity index (χ0v) is 14.0. The lowest BCUT2D eigenvalue weighted by Crippen LogP contribution is -2.42. The first kappa shape index (κ1) is 16.8. The van der Waals surface area contributed by atoms with E-state index >= 15 is 0 Å². The molecule has 1 saturated heterocycles. The maximum absolute atomic E-state index is 13.1. The van der Waals surface area contributed by atoms with Gasteiger partial charge in [0.25, 0.3) is 5.91 Å². The Bertz CT molecular complexity index is 790. The largest absolute Gasteiger partial charge is 0.369 e. The third kappa shape index (κ3) is 3.73. The number of primary amides is 1. The summed E-state index contributed by atoms with van der Waals surface area (Å²) in [5.74, 6) is -0.103. The topological polar surface area (TPSA) is 107 Å². The summed E-state index contributed by atoms with van der Waals surface area (Å²) >= 11 is 0. The number of carbonyl (C=O) groups excluding carboxylic acids is 2. The molecule has 0 radical (unpaired) electrons. The molecule has 0 saturated carbocycles. The number of piperidine rings is 1. The number of hydrogen-bond acceptors (Lipinski definition) is 5. The van der Waals surface area contributed by atoms with Gasteiger partial charge in [0, 0.05) is 19.0 Å². The monoisotopic (exact) mass is 340 g/mol. The molecule has 1 aromatic heterocycles. The van der Waals surface area contributed by atoms with Crippen LogP contribution in [0.15, 0.2) is 30.3 Å². The Kier molecular flexibility index (Phi) is 4.87. The van der Waals surface area contributed by atoms with Crippen LogP contribution in [0.1, 0.15) is 24.2 Å². The summed E-state index contributed by atoms with van der Waals surface area (Å²) in [5, 5.41) is 11.4. The molecular formula is C17H20N6O2. The van der Waals surface area contributed by atoms with Crippen molar-refractivity contribution < 1.29 is 9.59 Å². The molecule has 2 amide bonds. The van der Waals surface area contributed by atoms with Crippen LogP contribution in [0.25, 0.3) is 11.8 Å². The van der Waals surface area contributed by atoms with Crippen molar-refractivity contribution in [2.75, 3.05) is 13.1 Å². The van der Waals surface area contributed by atoms with Gasteiger partial charge in [0.2, 0.25) is 5.91 Å². The highest BCUT2D eigenvalue weighted by Gasteiger charge is 2.29. The molecule has 2 aromatic rings. The molecule has 0 unspecified atom stereocenters. The Morgan fingerprint density at radius 1 is 1.20 bits per heavy atom. The van der Waals surface area contributed by atoms with Gasteiger partial charge in [-0.05, 0) is 41.8 Å². The number of carbonyl (C=O) groups is 2. The maximum atomic E-state index is 13.1. The third-order valence-electron chi connectivity index (χ3n) is 4.36. The quantitative estimate of drug-likeness (QED) is 0.825. The van der Waals surface area contributed by atoms with E-state index in [0.29, 0.717) is 37.5 Å². The number of tetrazole rings is 1. The Balaban J connectivity index is 1.88. The first-order valence-electron chi connectivity index (χ1n) is 8.17. The maximum Gasteiger partial charge on any atom is 0.272 e. The first-order chi connectivity index (χ1) is 12.1. The van der Waals surface area contributed by atoms with Gasteiger partial charge in [-0.1, -0.05) is 30.3 Å². The summed E-state index contributed by atoms with van der Waals surface area (Å²) in [5.41, 5.74) is 6.63. The van der Waals surface area contributed by atoms with Gasteiger partial charge in [-0.3, -0.25) is 9.59 Å². The molecule has 8 heteroatoms. The van der Waals surface area contributed by atoms with E-state index in [2.05, 4.69) is 15.5 Å². The SMILES string of the molecule is Cc1nnnn1C(=Cc1ccccc1)C(=O)N1CCC(C(N)=O)CC1. The van der Waals surface area contributed by atoms with Crippen molar-refractivity contribution in [3.63, 3.8) is 0 Å². The minimum Gasteiger partial charge on any atom is -0.369 e. The van der Waals surface area contributed by atoms with E-state index in [-0.39, 0.29) is 17.7 Å². The summed E-state index contributed by atoms with van der Waals surface area (Å²) in [6, 6.07) is 9.53. The molecule has 0 bridgehead atoms. The van der Waals surface area contributed by atoms with Gasteiger partial charge in [-0.15, -0.1) is 5.10 Å². The molecule has 0 atom stereocenters. The summed E-state index contributed by atoms with van der Waals surface area (Å²) in [4.78, 5) is 26.1. The van der Waals surface area contributed by atoms with Crippen LogP contribution >= 0.6 is 0 Å². The number of aromatic nitrogens is 4. The van der Waals surface area contributed by atoms with Gasteiger partial charge in [0.1, 0.15) is 5.70 Å². The Labute approximate surface area is 145 Å². The molecule has 8 nitrogen and oxygen atoms in total. The van der Waals surface area contributed by atoms with E-state index in [1.165, 1.54) is 4.68 Å². The van der Waals surface area contributed by atoms with Crippen LogP contribution in [0.2, 0.25) is 0 Å². The Morgan fingerprint density at radius 2 is 1.88 bits per heavy atom. The number of aryl methyl sites for hydroxylation is 1. The zero-order chi connectivity index (χ0) is 17.8. The fourth-order valence-electron chi connectivity index (χ4n) is 2.90. The molecule has 1 aliphatic rings. The van der Waals surface area contributed by atoms with Gasteiger partial charge in [0.15, 0.2) is 5.82 Å². The lowest BCUT2D eigenvalue weighted by Gasteiger charge is -2.31. The van der Waals surface area contributed by atoms with Crippen LogP contribution in [0.3, 0.4) is 0 Å². The minimum absolute atomic E-state index is 0.165. The molecule has 1 aliphatic heterocycles. The van der Waals surface area contributed by atoms with E-state index in [4.69, 9.17) is 5.73 Å². The van der Waals surface area contributed by atoms with E-state index in [9.17, 15) is 9.59 Å². The molecule has 1 aromatic carbocycles. The lowest BCUT2D eigenvalue weighted by atomic mass is 9.96. The fraction of sp³-hybridized carbons (Fsp3) is 0.353. The second-order valence-electron chi connectivity index (χ2n) is 6.05. The van der Waals surface area contributed by atoms with E-state index in [1.807, 2.05) is 30.3 Å². The van der Waals surface area contributed by atoms with Crippen molar-refractivity contribution in [2.45, 2.75) is 19.8 Å². The normalized spacial score (nSPS) is 16.0. The molecule has 130 valence electrons. The fourth-order valence-corrected chi connectivity index (χ4v) is 2.90. The number of rotatable bonds is 4. The molecule has 25 heavy (non-hydrogen) atoms. The van der Waals surface area contributed by atoms with Crippen molar-refractivity contribution in [3.05, 3.63) is 41.7 Å². The average Bonchev–Trinajstić information content (AvgIpc) is 3.06. The molecule has 1 fully saturated rings. The van der Waals surface area contributed by atoms with Crippen LogP contribution in [0.4, 0.5) is 0 Å². The summed E-state index contributed by atoms with van der Waals surface area (Å²) in [6.07, 6.45) is 2.93. The molecule has 0 aliphatic carbocycles. The van der Waals surface area contributed by atoms with Crippen molar-refractivity contribution in [1.82, 2.24) is 25.1 Å². The first-order valence-corrected chi connectivity index (χ1v) is 8.17. The predicted molar refractivity (Wildman–Crippen MR) is 91.7 cm³/mol. The van der Waals surface area contributed by atoms with E-state index in [1.54, 1.807) is 17.9 Å². The van der Waals surface area contributed by atoms with Crippen molar-refractivity contribution in [1.29, 1.82) is 0 Å². The second kappa shape index (κ2) is 7.25. The summed E-state index contributed by atoms with van der Waals surface area (Å²) < 4.78 is 1.44. The molecule has 3 rings (SSSR count). The highest BCUT2D eigenvalue weighted by molar-refractivity contribution is 6.18. The summed E-state index contributed by atoms with van der Waals surface area (Å²) in [7, 11) is 0. The van der Waals surface area contributed by atoms with Crippen molar-refractivity contribution in [2.24, 2.45) is 11.7 Å². The number of nitrogens with zero attached hydrogens (tertiary/aromatic N) is 5. The van der Waals surface area contributed by atoms with Crippen molar-refractivity contribution >= 4 is 23.6 Å². The van der Waals surface area contributed by atoms with Crippen LogP contribution in [-0.4, -0.2) is 50.0 Å². The number of amides is 2. The number of likely N-dealkylation sites (tertiary alicyclic amines) is 1. The predicted octanol–water partition coefficient (Wildman–Crippen LogP) is 0.704. The molecule has 2 N–H and O–H groups in total. The standard InChI is InChI=1S/C17H20N6O2/c1-12-19-20-21-23(12)15(11-13-5-3-2-4-6-13)17(25)22-9-7-14(8-10-22)16(18)24/h2-6,11,14H,7-10H2,1H3,(H2,18,24). The van der Waals surface area contributed by atoms with Gasteiger partial charge >= 0.3 is 0 Å². The molecule has 2 heterocycles. The van der Waals surface area contributed by atoms with Gasteiger partial charge < -0.3 is 10.6 Å². The van der Waals surface area contributed by atoms with Crippen LogP contribution in [0, 0.1) is 12.8 Å². The van der Waals surface area contributed by atoms with Crippen LogP contribution < -0.4 is 5.73 Å². The van der Waals surface area contributed by atoms with E-state index in [0.717, 1.165) is 5.56 Å². The Morgan fingerprint density at radius 3 is 2.44 bits per heavy atom. The zero-order valence-electron chi connectivity index (χ0n) is 14.0. The lowest BCUT2D eigenvalue weighted by molar-refractivity contribution is -0.130. The van der Waals surface area contributed by atoms with Gasteiger partial charge in [-0.25, -0.2) is 0 Å². The highest BCUT2D eigenvalue weighted by Crippen LogP contribution is 2.21. The van der Waals surface area contributed by atoms with Gasteiger partial charge in [-0.2, -0.15) is 4.68 Å². The van der Waals surface area contributed by atoms with Crippen LogP contribution in [0.5, 0.6) is 0 Å². The van der Waals surface area contributed by atoms with E-state index < -0.39 is 0 Å². The molecule has 0 spiro atoms. The van der Waals surface area contributed by atoms with Crippen LogP contribution in [-0.2, 0) is 9.59 Å². The number of hydrogen-bond donors (Lipinski definition) is 1. The molecular weight excluding hydrogens is 320 g/mol. The third-order valence-corrected chi connectivity index (χ3v) is 4.36. The average molecular weight is 340 g/mol. The summed E-state index contributed by atoms with van der Waals surface area (Å²) in [6.45, 7) is 2.71.